The van der Waals surface area contributed by atoms with Crippen LogP contribution in [0.3, 0.4) is 0 Å². The Bertz CT molecular complexity index is 795. The summed E-state index contributed by atoms with van der Waals surface area (Å²) in [6.07, 6.45) is 5.10. The molecule has 8 nitrogen and oxygen atoms in total. The molecule has 4 atom stereocenters. The zero-order valence-electron chi connectivity index (χ0n) is 18.1. The molecule has 170 valence electrons. The quantitative estimate of drug-likeness (QED) is 0.531. The van der Waals surface area contributed by atoms with Gasteiger partial charge in [-0.15, -0.1) is 0 Å². The van der Waals surface area contributed by atoms with Crippen LogP contribution in [-0.4, -0.2) is 54.6 Å². The monoisotopic (exact) mass is 431 g/mol. The molecule has 2 aliphatic heterocycles. The minimum atomic E-state index is -0.489. The minimum Gasteiger partial charge on any atom is -0.487 e. The lowest BCUT2D eigenvalue weighted by atomic mass is 9.84. The number of aliphatic hydroxyl groups excluding tert-OH is 1. The molecule has 2 heterocycles. The molecule has 31 heavy (non-hydrogen) atoms. The van der Waals surface area contributed by atoms with E-state index in [1.54, 1.807) is 0 Å². The van der Waals surface area contributed by atoms with Gasteiger partial charge in [0.25, 0.3) is 0 Å². The first-order valence-corrected chi connectivity index (χ1v) is 11.5. The lowest BCUT2D eigenvalue weighted by Crippen LogP contribution is -2.47. The summed E-state index contributed by atoms with van der Waals surface area (Å²) in [7, 11) is 0. The van der Waals surface area contributed by atoms with Crippen LogP contribution in [0.15, 0.2) is 18.2 Å². The molecule has 4 N–H and O–H groups in total. The van der Waals surface area contributed by atoms with E-state index in [9.17, 15) is 14.7 Å². The fraction of sp³-hybridized carbons (Fsp3) is 0.652. The van der Waals surface area contributed by atoms with Crippen molar-refractivity contribution >= 4 is 17.6 Å². The Kier molecular flexibility index (Phi) is 6.97. The van der Waals surface area contributed by atoms with E-state index in [2.05, 4.69) is 16.0 Å². The number of hydrogen-bond acceptors (Lipinski definition) is 5. The maximum Gasteiger partial charge on any atom is 0.319 e. The number of amides is 3. The van der Waals surface area contributed by atoms with Crippen molar-refractivity contribution in [1.29, 1.82) is 0 Å². The van der Waals surface area contributed by atoms with Gasteiger partial charge in [0.1, 0.15) is 18.0 Å². The van der Waals surface area contributed by atoms with Crippen molar-refractivity contribution in [2.45, 2.75) is 82.1 Å². The van der Waals surface area contributed by atoms with E-state index >= 15 is 0 Å². The van der Waals surface area contributed by atoms with Gasteiger partial charge in [-0.05, 0) is 43.9 Å². The van der Waals surface area contributed by atoms with Crippen LogP contribution in [0.4, 0.5) is 10.5 Å². The van der Waals surface area contributed by atoms with Crippen LogP contribution in [0.5, 0.6) is 5.75 Å². The molecule has 1 aromatic carbocycles. The molecule has 1 aromatic rings. The fourth-order valence-corrected chi connectivity index (χ4v) is 4.93. The maximum atomic E-state index is 12.4. The first-order chi connectivity index (χ1) is 15.1. The van der Waals surface area contributed by atoms with Crippen LogP contribution >= 0.6 is 0 Å². The van der Waals surface area contributed by atoms with E-state index in [1.165, 1.54) is 0 Å². The molecule has 0 bridgehead atoms. The van der Waals surface area contributed by atoms with Crippen LogP contribution in [-0.2, 0) is 9.53 Å². The van der Waals surface area contributed by atoms with Crippen LogP contribution < -0.4 is 20.7 Å². The molecular formula is C23H33N3O5. The van der Waals surface area contributed by atoms with Crippen molar-refractivity contribution in [2.75, 3.05) is 18.5 Å². The summed E-state index contributed by atoms with van der Waals surface area (Å²) in [6, 6.07) is 5.70. The highest BCUT2D eigenvalue weighted by Gasteiger charge is 2.46. The number of ether oxygens (including phenoxy) is 2. The van der Waals surface area contributed by atoms with Gasteiger partial charge in [-0.1, -0.05) is 19.8 Å². The smallest absolute Gasteiger partial charge is 0.319 e. The first kappa shape index (κ1) is 21.9. The third-order valence-electron chi connectivity index (χ3n) is 6.43. The lowest BCUT2D eigenvalue weighted by molar-refractivity contribution is -0.142. The maximum absolute atomic E-state index is 12.4. The highest BCUT2D eigenvalue weighted by molar-refractivity contribution is 5.89. The van der Waals surface area contributed by atoms with Crippen molar-refractivity contribution in [3.05, 3.63) is 23.8 Å². The molecule has 0 unspecified atom stereocenters. The Morgan fingerprint density at radius 1 is 1.23 bits per heavy atom. The standard InChI is InChI=1S/C23H33N3O5/c1-2-9-24-21(28)12-16-11-18-17-10-15(26-23(29)25-14-5-3-4-6-14)7-8-19(17)31-22(18)20(13-27)30-16/h7-8,10,14,16,18,20,22,27H,2-6,9,11-13H2,1H3,(H,24,28)(H2,25,26,29)/t16-,18-,20-,22+/m1/s1. The van der Waals surface area contributed by atoms with Gasteiger partial charge in [0.2, 0.25) is 5.91 Å². The van der Waals surface area contributed by atoms with Crippen LogP contribution in [0.1, 0.15) is 63.4 Å². The zero-order chi connectivity index (χ0) is 21.8. The van der Waals surface area contributed by atoms with Crippen LogP contribution in [0.2, 0.25) is 0 Å². The number of carbonyl (C=O) groups is 2. The topological polar surface area (TPSA) is 109 Å². The van der Waals surface area contributed by atoms with Gasteiger partial charge < -0.3 is 30.5 Å². The molecule has 2 fully saturated rings. The normalized spacial score (nSPS) is 27.2. The van der Waals surface area contributed by atoms with Crippen LogP contribution in [0.25, 0.3) is 0 Å². The molecule has 0 radical (unpaired) electrons. The third kappa shape index (κ3) is 5.13. The van der Waals surface area contributed by atoms with Gasteiger partial charge in [0, 0.05) is 29.8 Å². The van der Waals surface area contributed by atoms with E-state index in [0.29, 0.717) is 18.7 Å². The van der Waals surface area contributed by atoms with Crippen molar-refractivity contribution < 1.29 is 24.2 Å². The Hall–Kier alpha value is -2.32. The predicted molar refractivity (Wildman–Crippen MR) is 116 cm³/mol. The first-order valence-electron chi connectivity index (χ1n) is 11.5. The lowest BCUT2D eigenvalue weighted by Gasteiger charge is -2.37. The van der Waals surface area contributed by atoms with Gasteiger partial charge in [-0.25, -0.2) is 4.79 Å². The average Bonchev–Trinajstić information content (AvgIpc) is 3.39. The van der Waals surface area contributed by atoms with Gasteiger partial charge in [0.05, 0.1) is 19.1 Å². The summed E-state index contributed by atoms with van der Waals surface area (Å²) in [6.45, 7) is 2.48. The fourth-order valence-electron chi connectivity index (χ4n) is 4.93. The molecule has 0 aromatic heterocycles. The number of rotatable bonds is 7. The Balaban J connectivity index is 1.43. The summed E-state index contributed by atoms with van der Waals surface area (Å²) >= 11 is 0. The predicted octanol–water partition coefficient (Wildman–Crippen LogP) is 2.66. The molecule has 1 aliphatic carbocycles. The number of anilines is 1. The number of hydrogen-bond donors (Lipinski definition) is 4. The minimum absolute atomic E-state index is 0.00418. The Morgan fingerprint density at radius 2 is 2.03 bits per heavy atom. The summed E-state index contributed by atoms with van der Waals surface area (Å²) in [4.78, 5) is 24.5. The van der Waals surface area contributed by atoms with E-state index < -0.39 is 6.10 Å². The average molecular weight is 432 g/mol. The third-order valence-corrected chi connectivity index (χ3v) is 6.43. The van der Waals surface area contributed by atoms with Crippen molar-refractivity contribution in [3.8, 4) is 5.75 Å². The molecule has 3 aliphatic rings. The Morgan fingerprint density at radius 3 is 2.77 bits per heavy atom. The van der Waals surface area contributed by atoms with E-state index in [-0.39, 0.29) is 49.1 Å². The van der Waals surface area contributed by atoms with Gasteiger partial charge in [-0.3, -0.25) is 4.79 Å². The number of nitrogens with one attached hydrogen (secondary N) is 3. The van der Waals surface area contributed by atoms with E-state index in [4.69, 9.17) is 9.47 Å². The number of urea groups is 1. The number of carbonyl (C=O) groups excluding carboxylic acids is 2. The molecule has 1 saturated carbocycles. The van der Waals surface area contributed by atoms with E-state index in [0.717, 1.165) is 43.4 Å². The van der Waals surface area contributed by atoms with E-state index in [1.807, 2.05) is 25.1 Å². The SMILES string of the molecule is CCCNC(=O)C[C@H]1C[C@@H]2c3cc(NC(=O)NC4CCCC4)ccc3O[C@@H]2[C@@H](CO)O1. The molecule has 8 heteroatoms. The van der Waals surface area contributed by atoms with Crippen molar-refractivity contribution in [3.63, 3.8) is 0 Å². The van der Waals surface area contributed by atoms with Gasteiger partial charge in [-0.2, -0.15) is 0 Å². The summed E-state index contributed by atoms with van der Waals surface area (Å²) in [5.41, 5.74) is 1.70. The summed E-state index contributed by atoms with van der Waals surface area (Å²) < 4.78 is 12.1. The van der Waals surface area contributed by atoms with Crippen molar-refractivity contribution in [1.82, 2.24) is 10.6 Å². The summed E-state index contributed by atoms with van der Waals surface area (Å²) in [5.74, 6) is 0.708. The molecule has 3 amide bonds. The molecule has 4 rings (SSSR count). The molecule has 1 saturated heterocycles. The number of benzene rings is 1. The van der Waals surface area contributed by atoms with Gasteiger partial charge in [0.15, 0.2) is 0 Å². The second-order valence-electron chi connectivity index (χ2n) is 8.79. The summed E-state index contributed by atoms with van der Waals surface area (Å²) in [5, 5.41) is 18.7. The highest BCUT2D eigenvalue weighted by Crippen LogP contribution is 2.47. The highest BCUT2D eigenvalue weighted by atomic mass is 16.6. The van der Waals surface area contributed by atoms with Crippen molar-refractivity contribution in [2.24, 2.45) is 0 Å². The van der Waals surface area contributed by atoms with Gasteiger partial charge >= 0.3 is 6.03 Å². The van der Waals surface area contributed by atoms with Crippen LogP contribution in [0, 0.1) is 0 Å². The largest absolute Gasteiger partial charge is 0.487 e. The Labute approximate surface area is 183 Å². The second kappa shape index (κ2) is 9.87. The number of fused-ring (bicyclic) bond motifs is 3. The zero-order valence-corrected chi connectivity index (χ0v) is 18.1. The second-order valence-corrected chi connectivity index (χ2v) is 8.79. The number of aliphatic hydroxyl groups is 1. The molecule has 0 spiro atoms. The molecular weight excluding hydrogens is 398 g/mol.